The Bertz CT molecular complexity index is 592. The summed E-state index contributed by atoms with van der Waals surface area (Å²) in [6, 6.07) is 10.0. The van der Waals surface area contributed by atoms with Gasteiger partial charge in [0.1, 0.15) is 0 Å². The monoisotopic (exact) mass is 369 g/mol. The summed E-state index contributed by atoms with van der Waals surface area (Å²) >= 11 is 0. The Hall–Kier alpha value is -1.90. The molecule has 3 atom stereocenters. The predicted octanol–water partition coefficient (Wildman–Crippen LogP) is 5.29. The van der Waals surface area contributed by atoms with E-state index in [9.17, 15) is 0 Å². The fraction of sp³-hybridized carbons (Fsp3) is 0.583. The molecule has 0 radical (unpaired) electrons. The van der Waals surface area contributed by atoms with Crippen molar-refractivity contribution in [3.05, 3.63) is 60.6 Å². The third-order valence-electron chi connectivity index (χ3n) is 5.94. The van der Waals surface area contributed by atoms with E-state index in [2.05, 4.69) is 80.4 Å². The van der Waals surface area contributed by atoms with E-state index in [1.54, 1.807) is 0 Å². The standard InChI is InChI=1S/C24H39N3/c1-7-20(4)27(18-22-14-12-19(3)13-15-22)21(5)26(6)16-10-9-11-23-17-24(23)25-8-2/h8,12-15,20,23-25H,2,5,7,9-11,16-18H2,1,3-4,6H3. The fourth-order valence-electron chi connectivity index (χ4n) is 3.64. The number of nitrogens with one attached hydrogen (secondary N) is 1. The van der Waals surface area contributed by atoms with Crippen LogP contribution in [0.15, 0.2) is 49.4 Å². The van der Waals surface area contributed by atoms with E-state index in [1.807, 2.05) is 6.20 Å². The van der Waals surface area contributed by atoms with Gasteiger partial charge in [-0.25, -0.2) is 0 Å². The van der Waals surface area contributed by atoms with Crippen LogP contribution in [-0.4, -0.2) is 35.5 Å². The van der Waals surface area contributed by atoms with Gasteiger partial charge in [-0.1, -0.05) is 56.3 Å². The average Bonchev–Trinajstić information content (AvgIpc) is 3.41. The third kappa shape index (κ3) is 6.64. The zero-order valence-electron chi connectivity index (χ0n) is 17.9. The van der Waals surface area contributed by atoms with Gasteiger partial charge in [0.05, 0.1) is 5.82 Å². The van der Waals surface area contributed by atoms with E-state index < -0.39 is 0 Å². The van der Waals surface area contributed by atoms with E-state index >= 15 is 0 Å². The number of unbranched alkanes of at least 4 members (excludes halogenated alkanes) is 1. The largest absolute Gasteiger partial charge is 0.388 e. The lowest BCUT2D eigenvalue weighted by molar-refractivity contribution is 0.178. The van der Waals surface area contributed by atoms with Gasteiger partial charge in [-0.3, -0.25) is 0 Å². The highest BCUT2D eigenvalue weighted by atomic mass is 15.3. The van der Waals surface area contributed by atoms with Gasteiger partial charge in [-0.2, -0.15) is 0 Å². The molecule has 0 aromatic heterocycles. The average molecular weight is 370 g/mol. The van der Waals surface area contributed by atoms with Crippen molar-refractivity contribution in [2.75, 3.05) is 13.6 Å². The normalized spacial score (nSPS) is 19.3. The van der Waals surface area contributed by atoms with Crippen LogP contribution in [0.3, 0.4) is 0 Å². The van der Waals surface area contributed by atoms with Crippen molar-refractivity contribution in [1.29, 1.82) is 0 Å². The van der Waals surface area contributed by atoms with Crippen LogP contribution < -0.4 is 5.32 Å². The highest BCUT2D eigenvalue weighted by Crippen LogP contribution is 2.35. The summed E-state index contributed by atoms with van der Waals surface area (Å²) in [7, 11) is 2.19. The molecule has 0 amide bonds. The van der Waals surface area contributed by atoms with Gasteiger partial charge in [0, 0.05) is 32.2 Å². The number of aryl methyl sites for hydroxylation is 1. The van der Waals surface area contributed by atoms with Gasteiger partial charge in [0.15, 0.2) is 0 Å². The van der Waals surface area contributed by atoms with Crippen molar-refractivity contribution in [3.63, 3.8) is 0 Å². The molecule has 1 aliphatic carbocycles. The van der Waals surface area contributed by atoms with E-state index in [-0.39, 0.29) is 0 Å². The maximum Gasteiger partial charge on any atom is 0.0967 e. The molecule has 0 heterocycles. The van der Waals surface area contributed by atoms with Crippen LogP contribution in [0.4, 0.5) is 0 Å². The lowest BCUT2D eigenvalue weighted by Gasteiger charge is -2.37. The first kappa shape index (κ1) is 21.4. The first-order valence-corrected chi connectivity index (χ1v) is 10.5. The summed E-state index contributed by atoms with van der Waals surface area (Å²) in [5.41, 5.74) is 2.66. The van der Waals surface area contributed by atoms with Crippen molar-refractivity contribution in [3.8, 4) is 0 Å². The lowest BCUT2D eigenvalue weighted by Crippen LogP contribution is -2.38. The van der Waals surface area contributed by atoms with Crippen molar-refractivity contribution < 1.29 is 0 Å². The van der Waals surface area contributed by atoms with E-state index in [0.29, 0.717) is 12.1 Å². The van der Waals surface area contributed by atoms with Crippen molar-refractivity contribution >= 4 is 0 Å². The van der Waals surface area contributed by atoms with Gasteiger partial charge in [0.25, 0.3) is 0 Å². The van der Waals surface area contributed by atoms with Gasteiger partial charge in [-0.15, -0.1) is 0 Å². The maximum atomic E-state index is 4.43. The van der Waals surface area contributed by atoms with Gasteiger partial charge < -0.3 is 15.1 Å². The van der Waals surface area contributed by atoms with Crippen molar-refractivity contribution in [1.82, 2.24) is 15.1 Å². The lowest BCUT2D eigenvalue weighted by atomic mass is 10.1. The highest BCUT2D eigenvalue weighted by Gasteiger charge is 2.35. The first-order chi connectivity index (χ1) is 13.0. The maximum absolute atomic E-state index is 4.43. The molecule has 3 heteroatoms. The summed E-state index contributed by atoms with van der Waals surface area (Å²) in [5, 5.41) is 3.33. The molecule has 0 bridgehead atoms. The molecule has 3 nitrogen and oxygen atoms in total. The summed E-state index contributed by atoms with van der Waals surface area (Å²) < 4.78 is 0. The Labute approximate surface area is 167 Å². The molecular formula is C24H39N3. The zero-order valence-corrected chi connectivity index (χ0v) is 17.9. The van der Waals surface area contributed by atoms with E-state index in [0.717, 1.165) is 31.2 Å². The molecule has 150 valence electrons. The van der Waals surface area contributed by atoms with Gasteiger partial charge in [0.2, 0.25) is 0 Å². The van der Waals surface area contributed by atoms with Gasteiger partial charge in [-0.05, 0) is 57.2 Å². The minimum Gasteiger partial charge on any atom is -0.388 e. The smallest absolute Gasteiger partial charge is 0.0967 e. The van der Waals surface area contributed by atoms with E-state index in [1.165, 1.54) is 36.8 Å². The van der Waals surface area contributed by atoms with Gasteiger partial charge >= 0.3 is 0 Å². The number of nitrogens with zero attached hydrogens (tertiary/aromatic N) is 2. The van der Waals surface area contributed by atoms with Crippen LogP contribution in [0.5, 0.6) is 0 Å². The number of hydrogen-bond donors (Lipinski definition) is 1. The van der Waals surface area contributed by atoms with Crippen LogP contribution >= 0.6 is 0 Å². The molecule has 1 aromatic rings. The van der Waals surface area contributed by atoms with Crippen LogP contribution in [-0.2, 0) is 6.54 Å². The van der Waals surface area contributed by atoms with Crippen molar-refractivity contribution in [2.24, 2.45) is 5.92 Å². The molecule has 0 saturated heterocycles. The topological polar surface area (TPSA) is 18.5 Å². The predicted molar refractivity (Wildman–Crippen MR) is 117 cm³/mol. The number of rotatable bonds is 13. The summed E-state index contributed by atoms with van der Waals surface area (Å²) in [6.07, 6.45) is 8.11. The Morgan fingerprint density at radius 1 is 1.30 bits per heavy atom. The zero-order chi connectivity index (χ0) is 19.8. The third-order valence-corrected chi connectivity index (χ3v) is 5.94. The summed E-state index contributed by atoms with van der Waals surface area (Å²) in [6.45, 7) is 16.9. The second-order valence-electron chi connectivity index (χ2n) is 8.18. The molecule has 1 saturated carbocycles. The van der Waals surface area contributed by atoms with Crippen LogP contribution in [0.2, 0.25) is 0 Å². The number of benzene rings is 1. The molecule has 0 aliphatic heterocycles. The quantitative estimate of drug-likeness (QED) is 0.477. The molecule has 3 unspecified atom stereocenters. The molecule has 1 N–H and O–H groups in total. The number of hydrogen-bond acceptors (Lipinski definition) is 3. The summed E-state index contributed by atoms with van der Waals surface area (Å²) in [5.74, 6) is 2.00. The Kier molecular flexibility index (Phi) is 8.27. The van der Waals surface area contributed by atoms with Crippen LogP contribution in [0.1, 0.15) is 57.1 Å². The van der Waals surface area contributed by atoms with Crippen LogP contribution in [0, 0.1) is 12.8 Å². The summed E-state index contributed by atoms with van der Waals surface area (Å²) in [4.78, 5) is 4.79. The highest BCUT2D eigenvalue weighted by molar-refractivity contribution is 5.22. The minimum atomic E-state index is 0.485. The Morgan fingerprint density at radius 2 is 2.00 bits per heavy atom. The SMILES string of the molecule is C=CNC1CC1CCCCN(C)C(=C)N(Cc1ccc(C)cc1)C(C)CC. The molecule has 2 rings (SSSR count). The minimum absolute atomic E-state index is 0.485. The second kappa shape index (κ2) is 10.4. The molecule has 0 spiro atoms. The van der Waals surface area contributed by atoms with E-state index in [4.69, 9.17) is 0 Å². The molecule has 27 heavy (non-hydrogen) atoms. The molecule has 1 aliphatic rings. The molecule has 1 aromatic carbocycles. The molecule has 1 fully saturated rings. The fourth-order valence-corrected chi connectivity index (χ4v) is 3.64. The Balaban J connectivity index is 1.80. The Morgan fingerprint density at radius 3 is 2.63 bits per heavy atom. The first-order valence-electron chi connectivity index (χ1n) is 10.5. The second-order valence-corrected chi connectivity index (χ2v) is 8.18. The van der Waals surface area contributed by atoms with Crippen LogP contribution in [0.25, 0.3) is 0 Å². The van der Waals surface area contributed by atoms with Crippen molar-refractivity contribution in [2.45, 2.75) is 71.5 Å². The molecular weight excluding hydrogens is 330 g/mol.